The lowest BCUT2D eigenvalue weighted by Gasteiger charge is -2.31. The van der Waals surface area contributed by atoms with E-state index >= 15 is 0 Å². The minimum absolute atomic E-state index is 0.0654. The molecule has 1 atom stereocenters. The van der Waals surface area contributed by atoms with Crippen LogP contribution < -0.4 is 0 Å². The lowest BCUT2D eigenvalue weighted by atomic mass is 10.3. The van der Waals surface area contributed by atoms with E-state index in [0.717, 1.165) is 19.4 Å². The van der Waals surface area contributed by atoms with Crippen LogP contribution in [-0.4, -0.2) is 42.5 Å². The first-order valence-corrected chi connectivity index (χ1v) is 7.77. The van der Waals surface area contributed by atoms with Crippen molar-refractivity contribution in [3.05, 3.63) is 0 Å². The summed E-state index contributed by atoms with van der Waals surface area (Å²) in [6, 6.07) is 0. The third-order valence-corrected chi connectivity index (χ3v) is 5.76. The lowest BCUT2D eigenvalue weighted by molar-refractivity contribution is 0.0103. The number of hydrogen-bond acceptors (Lipinski definition) is 4. The topological polar surface area (TPSA) is 36.9 Å². The maximum absolute atomic E-state index is 5.82. The molecule has 1 unspecified atom stereocenters. The highest BCUT2D eigenvalue weighted by Gasteiger charge is 2.47. The molecule has 0 N–H and O–H groups in total. The molecule has 0 fully saturated rings. The minimum atomic E-state index is -2.63. The summed E-state index contributed by atoms with van der Waals surface area (Å²) < 4.78 is 22.1. The van der Waals surface area contributed by atoms with Crippen LogP contribution in [0.15, 0.2) is 0 Å². The third-order valence-electron chi connectivity index (χ3n) is 2.69. The van der Waals surface area contributed by atoms with Crippen LogP contribution in [0.1, 0.15) is 39.5 Å². The van der Waals surface area contributed by atoms with Crippen molar-refractivity contribution in [2.24, 2.45) is 0 Å². The van der Waals surface area contributed by atoms with Crippen molar-refractivity contribution in [1.29, 1.82) is 0 Å². The molecule has 5 heteroatoms. The van der Waals surface area contributed by atoms with Gasteiger partial charge in [-0.3, -0.25) is 0 Å². The molecule has 0 heterocycles. The molecule has 0 aliphatic heterocycles. The van der Waals surface area contributed by atoms with Crippen LogP contribution in [0.3, 0.4) is 0 Å². The monoisotopic (exact) mass is 250 g/mol. The van der Waals surface area contributed by atoms with E-state index < -0.39 is 8.80 Å². The summed E-state index contributed by atoms with van der Waals surface area (Å²) in [6.07, 6.45) is 4.31. The molecule has 0 amide bonds. The quantitative estimate of drug-likeness (QED) is 0.441. The Bertz CT molecular complexity index is 154. The van der Waals surface area contributed by atoms with Crippen molar-refractivity contribution in [2.75, 3.05) is 27.9 Å². The Morgan fingerprint density at radius 2 is 1.50 bits per heavy atom. The molecule has 0 aromatic rings. The third kappa shape index (κ3) is 4.51. The second-order valence-electron chi connectivity index (χ2n) is 3.69. The van der Waals surface area contributed by atoms with Gasteiger partial charge in [-0.1, -0.05) is 26.7 Å². The second-order valence-corrected chi connectivity index (χ2v) is 6.77. The molecule has 98 valence electrons. The molecule has 16 heavy (non-hydrogen) atoms. The molecule has 0 aromatic carbocycles. The Balaban J connectivity index is 4.21. The zero-order valence-electron chi connectivity index (χ0n) is 11.2. The Morgan fingerprint density at radius 3 is 1.88 bits per heavy atom. The summed E-state index contributed by atoms with van der Waals surface area (Å²) in [4.78, 5) is 0. The molecule has 0 rings (SSSR count). The molecule has 0 bridgehead atoms. The average molecular weight is 250 g/mol. The number of ether oxygens (including phenoxy) is 1. The van der Waals surface area contributed by atoms with E-state index in [4.69, 9.17) is 18.0 Å². The molecule has 0 aromatic heterocycles. The van der Waals surface area contributed by atoms with Crippen molar-refractivity contribution >= 4 is 8.80 Å². The van der Waals surface area contributed by atoms with Gasteiger partial charge >= 0.3 is 8.80 Å². The van der Waals surface area contributed by atoms with Crippen molar-refractivity contribution in [3.63, 3.8) is 0 Å². The Morgan fingerprint density at radius 1 is 0.938 bits per heavy atom. The zero-order valence-corrected chi connectivity index (χ0v) is 12.2. The highest BCUT2D eigenvalue weighted by atomic mass is 28.4. The van der Waals surface area contributed by atoms with Gasteiger partial charge in [-0.05, 0) is 12.8 Å². The Kier molecular flexibility index (Phi) is 9.16. The fourth-order valence-electron chi connectivity index (χ4n) is 1.69. The van der Waals surface area contributed by atoms with Gasteiger partial charge in [0.1, 0.15) is 5.73 Å². The van der Waals surface area contributed by atoms with Gasteiger partial charge < -0.3 is 18.0 Å². The first-order valence-electron chi connectivity index (χ1n) is 5.97. The normalized spacial score (nSPS) is 14.1. The van der Waals surface area contributed by atoms with Crippen LogP contribution in [0.25, 0.3) is 0 Å². The van der Waals surface area contributed by atoms with Gasteiger partial charge in [-0.2, -0.15) is 0 Å². The van der Waals surface area contributed by atoms with Gasteiger partial charge in [0, 0.05) is 27.9 Å². The Hall–Kier alpha value is 0.0569. The predicted molar refractivity (Wildman–Crippen MR) is 66.3 cm³/mol. The largest absolute Gasteiger partial charge is 0.530 e. The van der Waals surface area contributed by atoms with Crippen molar-refractivity contribution in [1.82, 2.24) is 0 Å². The summed E-state index contributed by atoms with van der Waals surface area (Å²) >= 11 is 0. The van der Waals surface area contributed by atoms with Gasteiger partial charge in [0.2, 0.25) is 0 Å². The molecule has 0 aliphatic carbocycles. The number of hydrogen-bond donors (Lipinski definition) is 0. The van der Waals surface area contributed by atoms with Crippen LogP contribution in [0.5, 0.6) is 0 Å². The zero-order chi connectivity index (χ0) is 12.4. The predicted octanol–water partition coefficient (Wildman–Crippen LogP) is 2.39. The summed E-state index contributed by atoms with van der Waals surface area (Å²) in [6.45, 7) is 4.98. The minimum Gasteiger partial charge on any atom is -0.375 e. The van der Waals surface area contributed by atoms with Crippen LogP contribution in [0.4, 0.5) is 0 Å². The molecule has 0 radical (unpaired) electrons. The highest BCUT2D eigenvalue weighted by Crippen LogP contribution is 2.18. The molecular formula is C11H26O4Si. The van der Waals surface area contributed by atoms with E-state index in [0.29, 0.717) is 0 Å². The Labute approximate surface area is 101 Å². The first-order chi connectivity index (χ1) is 7.70. The van der Waals surface area contributed by atoms with Crippen molar-refractivity contribution < 1.29 is 18.0 Å². The van der Waals surface area contributed by atoms with E-state index in [1.807, 2.05) is 0 Å². The van der Waals surface area contributed by atoms with Crippen LogP contribution in [0, 0.1) is 0 Å². The lowest BCUT2D eigenvalue weighted by Crippen LogP contribution is -2.55. The van der Waals surface area contributed by atoms with E-state index in [9.17, 15) is 0 Å². The van der Waals surface area contributed by atoms with Gasteiger partial charge in [0.15, 0.2) is 0 Å². The van der Waals surface area contributed by atoms with Gasteiger partial charge in [0.25, 0.3) is 0 Å². The smallest absolute Gasteiger partial charge is 0.375 e. The van der Waals surface area contributed by atoms with Crippen molar-refractivity contribution in [3.8, 4) is 0 Å². The fourth-order valence-corrected chi connectivity index (χ4v) is 3.80. The van der Waals surface area contributed by atoms with Crippen LogP contribution in [0.2, 0.25) is 0 Å². The van der Waals surface area contributed by atoms with E-state index in [-0.39, 0.29) is 5.73 Å². The fraction of sp³-hybridized carbons (Fsp3) is 1.00. The van der Waals surface area contributed by atoms with Gasteiger partial charge in [-0.25, -0.2) is 0 Å². The molecule has 0 saturated heterocycles. The molecule has 0 saturated carbocycles. The summed E-state index contributed by atoms with van der Waals surface area (Å²) in [5, 5.41) is 0. The van der Waals surface area contributed by atoms with E-state index in [1.54, 1.807) is 21.3 Å². The molecule has 0 spiro atoms. The number of unbranched alkanes of at least 4 members (excludes halogenated alkanes) is 2. The molecule has 0 aliphatic rings. The van der Waals surface area contributed by atoms with Crippen LogP contribution in [-0.2, 0) is 18.0 Å². The van der Waals surface area contributed by atoms with E-state index in [2.05, 4.69) is 13.8 Å². The first kappa shape index (κ1) is 16.1. The average Bonchev–Trinajstić information content (AvgIpc) is 2.34. The maximum Gasteiger partial charge on any atom is 0.530 e. The summed E-state index contributed by atoms with van der Waals surface area (Å²) in [7, 11) is 2.24. The molecular weight excluding hydrogens is 224 g/mol. The SMILES string of the molecule is CCCCCOC(CC)[Si](OC)(OC)OC. The highest BCUT2D eigenvalue weighted by molar-refractivity contribution is 6.62. The maximum atomic E-state index is 5.82. The van der Waals surface area contributed by atoms with Crippen molar-refractivity contribution in [2.45, 2.75) is 45.3 Å². The number of rotatable bonds is 10. The van der Waals surface area contributed by atoms with Gasteiger partial charge in [-0.15, -0.1) is 0 Å². The summed E-state index contributed by atoms with van der Waals surface area (Å²) in [5.41, 5.74) is -0.0654. The van der Waals surface area contributed by atoms with E-state index in [1.165, 1.54) is 12.8 Å². The molecule has 4 nitrogen and oxygen atoms in total. The standard InChI is InChI=1S/C11H26O4Si/c1-6-8-9-10-15-11(7-2)16(12-3,13-4)14-5/h11H,6-10H2,1-5H3. The summed E-state index contributed by atoms with van der Waals surface area (Å²) in [5.74, 6) is 0. The second kappa shape index (κ2) is 9.12. The van der Waals surface area contributed by atoms with Crippen LogP contribution >= 0.6 is 0 Å². The van der Waals surface area contributed by atoms with Gasteiger partial charge in [0.05, 0.1) is 0 Å².